The fourth-order valence-electron chi connectivity index (χ4n) is 1.79. The maximum absolute atomic E-state index is 10.2. The summed E-state index contributed by atoms with van der Waals surface area (Å²) in [5, 5.41) is 29.9. The molecule has 0 spiro atoms. The Bertz CT molecular complexity index is 237. The van der Waals surface area contributed by atoms with Crippen molar-refractivity contribution in [3.8, 4) is 0 Å². The van der Waals surface area contributed by atoms with E-state index in [-0.39, 0.29) is 18.9 Å². The third kappa shape index (κ3) is 3.42. The van der Waals surface area contributed by atoms with Crippen LogP contribution in [0.3, 0.4) is 0 Å². The van der Waals surface area contributed by atoms with Gasteiger partial charge in [-0.05, 0) is 12.8 Å². The van der Waals surface area contributed by atoms with E-state index in [1.54, 1.807) is 0 Å². The topological polar surface area (TPSA) is 73.2 Å². The monoisotopic (exact) mass is 228 g/mol. The molecule has 1 heterocycles. The number of rotatable bonds is 8. The molecule has 1 saturated heterocycles. The van der Waals surface area contributed by atoms with Gasteiger partial charge in [0.1, 0.15) is 6.10 Å². The molecule has 3 atom stereocenters. The number of hydrogen-bond donors (Lipinski definition) is 3. The van der Waals surface area contributed by atoms with Gasteiger partial charge in [-0.25, -0.2) is 0 Å². The van der Waals surface area contributed by atoms with Crippen molar-refractivity contribution < 1.29 is 20.1 Å². The van der Waals surface area contributed by atoms with Crippen LogP contribution in [-0.4, -0.2) is 45.8 Å². The van der Waals surface area contributed by atoms with E-state index in [0.717, 1.165) is 0 Å². The summed E-state index contributed by atoms with van der Waals surface area (Å²) in [6.07, 6.45) is 1.62. The first kappa shape index (κ1) is 13.4. The van der Waals surface area contributed by atoms with Gasteiger partial charge in [0.15, 0.2) is 0 Å². The van der Waals surface area contributed by atoms with Crippen LogP contribution in [0.5, 0.6) is 0 Å². The van der Waals surface area contributed by atoms with Crippen LogP contribution in [0.4, 0.5) is 0 Å². The Balaban J connectivity index is 2.59. The van der Waals surface area contributed by atoms with Crippen molar-refractivity contribution in [2.45, 2.75) is 43.2 Å². The van der Waals surface area contributed by atoms with Crippen LogP contribution in [0.1, 0.15) is 19.3 Å². The number of hydrogen-bond acceptors (Lipinski definition) is 4. The van der Waals surface area contributed by atoms with Crippen molar-refractivity contribution in [2.75, 3.05) is 6.61 Å². The third-order valence-corrected chi connectivity index (χ3v) is 2.82. The molecule has 0 amide bonds. The zero-order chi connectivity index (χ0) is 12.2. The lowest BCUT2D eigenvalue weighted by atomic mass is 9.85. The predicted octanol–water partition coefficient (Wildman–Crippen LogP) is 0.380. The van der Waals surface area contributed by atoms with Crippen LogP contribution < -0.4 is 0 Å². The number of ether oxygens (including phenoxy) is 1. The van der Waals surface area contributed by atoms with Gasteiger partial charge < -0.3 is 20.1 Å². The van der Waals surface area contributed by atoms with Gasteiger partial charge in [-0.3, -0.25) is 0 Å². The molecule has 0 aromatic rings. The maximum Gasteiger partial charge on any atom is 0.109 e. The lowest BCUT2D eigenvalue weighted by molar-refractivity contribution is -0.124. The van der Waals surface area contributed by atoms with E-state index in [1.807, 2.05) is 0 Å². The summed E-state index contributed by atoms with van der Waals surface area (Å²) >= 11 is 0. The molecule has 0 aliphatic carbocycles. The van der Waals surface area contributed by atoms with E-state index in [9.17, 15) is 15.3 Å². The van der Waals surface area contributed by atoms with Crippen molar-refractivity contribution in [2.24, 2.45) is 0 Å². The van der Waals surface area contributed by atoms with Crippen molar-refractivity contribution in [1.29, 1.82) is 0 Å². The molecule has 1 rings (SSSR count). The van der Waals surface area contributed by atoms with Crippen LogP contribution in [0.15, 0.2) is 25.3 Å². The minimum absolute atomic E-state index is 0.0152. The summed E-state index contributed by atoms with van der Waals surface area (Å²) in [6, 6.07) is 0. The summed E-state index contributed by atoms with van der Waals surface area (Å²) in [5.41, 5.74) is -1.39. The Morgan fingerprint density at radius 1 is 1.31 bits per heavy atom. The summed E-state index contributed by atoms with van der Waals surface area (Å²) in [6.45, 7) is 7.68. The van der Waals surface area contributed by atoms with Crippen molar-refractivity contribution in [3.63, 3.8) is 0 Å². The zero-order valence-electron chi connectivity index (χ0n) is 9.38. The van der Waals surface area contributed by atoms with Crippen molar-refractivity contribution in [3.05, 3.63) is 25.3 Å². The highest BCUT2D eigenvalue weighted by Crippen LogP contribution is 2.27. The first-order chi connectivity index (χ1) is 7.53. The minimum Gasteiger partial charge on any atom is -0.390 e. The molecule has 92 valence electrons. The third-order valence-electron chi connectivity index (χ3n) is 2.82. The summed E-state index contributed by atoms with van der Waals surface area (Å²) in [7, 11) is 0. The molecule has 3 N–H and O–H groups in total. The Morgan fingerprint density at radius 3 is 2.19 bits per heavy atom. The molecule has 16 heavy (non-hydrogen) atoms. The smallest absolute Gasteiger partial charge is 0.109 e. The van der Waals surface area contributed by atoms with Gasteiger partial charge in [0.25, 0.3) is 0 Å². The highest BCUT2D eigenvalue weighted by Gasteiger charge is 2.40. The maximum atomic E-state index is 10.2. The quantitative estimate of drug-likeness (QED) is 0.415. The lowest BCUT2D eigenvalue weighted by Crippen LogP contribution is -2.49. The summed E-state index contributed by atoms with van der Waals surface area (Å²) in [5.74, 6) is 0. The molecule has 4 heteroatoms. The molecule has 0 bridgehead atoms. The molecule has 4 nitrogen and oxygen atoms in total. The minimum atomic E-state index is -1.39. The van der Waals surface area contributed by atoms with E-state index in [1.165, 1.54) is 12.2 Å². The van der Waals surface area contributed by atoms with Gasteiger partial charge >= 0.3 is 0 Å². The van der Waals surface area contributed by atoms with Crippen LogP contribution in [-0.2, 0) is 4.74 Å². The first-order valence-corrected chi connectivity index (χ1v) is 5.45. The highest BCUT2D eigenvalue weighted by atomic mass is 16.6. The molecular formula is C12H20O4. The molecule has 0 saturated carbocycles. The average Bonchev–Trinajstić information content (AvgIpc) is 3.01. The SMILES string of the molecule is C=CCC(O)(CC=C)C(O)C(O)CC1CO1. The Kier molecular flexibility index (Phi) is 4.68. The standard InChI is InChI=1S/C12H20O4/c1-3-5-12(15,6-4-2)11(14)10(13)7-9-8-16-9/h3-4,9-11,13-15H,1-2,5-8H2. The summed E-state index contributed by atoms with van der Waals surface area (Å²) in [4.78, 5) is 0. The van der Waals surface area contributed by atoms with Crippen LogP contribution in [0, 0.1) is 0 Å². The Labute approximate surface area is 95.9 Å². The van der Waals surface area contributed by atoms with Crippen LogP contribution >= 0.6 is 0 Å². The van der Waals surface area contributed by atoms with E-state index >= 15 is 0 Å². The zero-order valence-corrected chi connectivity index (χ0v) is 9.38. The van der Waals surface area contributed by atoms with Gasteiger partial charge in [0, 0.05) is 6.42 Å². The Hall–Kier alpha value is -0.680. The van der Waals surface area contributed by atoms with Gasteiger partial charge in [-0.1, -0.05) is 12.2 Å². The second-order valence-corrected chi connectivity index (χ2v) is 4.29. The fraction of sp³-hybridized carbons (Fsp3) is 0.667. The van der Waals surface area contributed by atoms with E-state index in [4.69, 9.17) is 4.74 Å². The molecule has 0 aromatic heterocycles. The second kappa shape index (κ2) is 5.59. The van der Waals surface area contributed by atoms with Crippen molar-refractivity contribution in [1.82, 2.24) is 0 Å². The largest absolute Gasteiger partial charge is 0.390 e. The molecule has 1 aliphatic rings. The molecule has 3 unspecified atom stereocenters. The number of epoxide rings is 1. The predicted molar refractivity (Wildman–Crippen MR) is 60.9 cm³/mol. The normalized spacial score (nSPS) is 23.6. The van der Waals surface area contributed by atoms with Gasteiger partial charge in [-0.15, -0.1) is 13.2 Å². The van der Waals surface area contributed by atoms with E-state index in [2.05, 4.69) is 13.2 Å². The average molecular weight is 228 g/mol. The highest BCUT2D eigenvalue weighted by molar-refractivity contribution is 4.99. The molecule has 1 aliphatic heterocycles. The molecular weight excluding hydrogens is 208 g/mol. The van der Waals surface area contributed by atoms with Crippen LogP contribution in [0.25, 0.3) is 0 Å². The van der Waals surface area contributed by atoms with Crippen LogP contribution in [0.2, 0.25) is 0 Å². The number of aliphatic hydroxyl groups is 3. The van der Waals surface area contributed by atoms with Gasteiger partial charge in [0.2, 0.25) is 0 Å². The van der Waals surface area contributed by atoms with E-state index < -0.39 is 17.8 Å². The second-order valence-electron chi connectivity index (χ2n) is 4.29. The summed E-state index contributed by atoms with van der Waals surface area (Å²) < 4.78 is 4.97. The Morgan fingerprint density at radius 2 is 1.81 bits per heavy atom. The molecule has 0 radical (unpaired) electrons. The molecule has 0 aromatic carbocycles. The van der Waals surface area contributed by atoms with Gasteiger partial charge in [-0.2, -0.15) is 0 Å². The number of aliphatic hydroxyl groups excluding tert-OH is 2. The fourth-order valence-corrected chi connectivity index (χ4v) is 1.79. The molecule has 1 fully saturated rings. The van der Waals surface area contributed by atoms with Crippen molar-refractivity contribution >= 4 is 0 Å². The van der Waals surface area contributed by atoms with Gasteiger partial charge in [0.05, 0.1) is 24.4 Å². The first-order valence-electron chi connectivity index (χ1n) is 5.45. The van der Waals surface area contributed by atoms with E-state index in [0.29, 0.717) is 13.0 Å². The lowest BCUT2D eigenvalue weighted by Gasteiger charge is -2.34.